The van der Waals surface area contributed by atoms with Crippen molar-refractivity contribution in [2.45, 2.75) is 50.5 Å². The van der Waals surface area contributed by atoms with Crippen molar-refractivity contribution in [3.63, 3.8) is 0 Å². The lowest BCUT2D eigenvalue weighted by molar-refractivity contribution is -0.135. The van der Waals surface area contributed by atoms with Gasteiger partial charge >= 0.3 is 0 Å². The Hall–Kier alpha value is -1.14. The van der Waals surface area contributed by atoms with Crippen LogP contribution in [0.1, 0.15) is 44.9 Å². The number of likely N-dealkylation sites (tertiary alicyclic amines) is 2. The van der Waals surface area contributed by atoms with E-state index in [-0.39, 0.29) is 11.8 Å². The van der Waals surface area contributed by atoms with Crippen molar-refractivity contribution in [2.24, 2.45) is 0 Å². The zero-order valence-electron chi connectivity index (χ0n) is 13.6. The van der Waals surface area contributed by atoms with Gasteiger partial charge in [0.25, 0.3) is 0 Å². The van der Waals surface area contributed by atoms with Crippen molar-refractivity contribution in [2.75, 3.05) is 39.8 Å². The number of nitrogens with zero attached hydrogens (tertiary/aromatic N) is 2. The molecule has 2 rings (SSSR count). The minimum atomic E-state index is -0.840. The van der Waals surface area contributed by atoms with Crippen molar-refractivity contribution in [1.82, 2.24) is 15.1 Å². The van der Waals surface area contributed by atoms with Crippen LogP contribution in [-0.2, 0) is 9.59 Å². The number of aliphatic hydroxyl groups is 1. The molecular formula is C16H29N3O3. The number of nitrogens with one attached hydrogen (secondary N) is 1. The fraction of sp³-hybridized carbons (Fsp3) is 0.875. The smallest absolute Gasteiger partial charge is 0.236 e. The number of hydrogen-bond donors (Lipinski definition) is 2. The van der Waals surface area contributed by atoms with Crippen LogP contribution >= 0.6 is 0 Å². The fourth-order valence-electron chi connectivity index (χ4n) is 3.45. The van der Waals surface area contributed by atoms with Crippen LogP contribution in [0.2, 0.25) is 0 Å². The van der Waals surface area contributed by atoms with Crippen LogP contribution in [0.15, 0.2) is 0 Å². The average molecular weight is 311 g/mol. The second-order valence-electron chi connectivity index (χ2n) is 6.65. The minimum Gasteiger partial charge on any atom is -0.389 e. The summed E-state index contributed by atoms with van der Waals surface area (Å²) in [6.07, 6.45) is 5.79. The molecule has 2 saturated heterocycles. The largest absolute Gasteiger partial charge is 0.389 e. The van der Waals surface area contributed by atoms with E-state index in [1.54, 1.807) is 7.05 Å². The quantitative estimate of drug-likeness (QED) is 0.768. The van der Waals surface area contributed by atoms with Crippen molar-refractivity contribution < 1.29 is 14.7 Å². The summed E-state index contributed by atoms with van der Waals surface area (Å²) in [5.74, 6) is 0.130. The first-order chi connectivity index (χ1) is 10.5. The van der Waals surface area contributed by atoms with Gasteiger partial charge in [0.15, 0.2) is 0 Å². The molecule has 2 fully saturated rings. The Bertz CT molecular complexity index is 396. The highest BCUT2D eigenvalue weighted by molar-refractivity contribution is 5.78. The van der Waals surface area contributed by atoms with Gasteiger partial charge < -0.3 is 15.3 Å². The van der Waals surface area contributed by atoms with Gasteiger partial charge in [-0.1, -0.05) is 0 Å². The Kier molecular flexibility index (Phi) is 6.20. The number of amides is 2. The van der Waals surface area contributed by atoms with Gasteiger partial charge in [-0.2, -0.15) is 0 Å². The predicted octanol–water partition coefficient (Wildman–Crippen LogP) is 0.352. The summed E-state index contributed by atoms with van der Waals surface area (Å²) in [6, 6.07) is 0. The van der Waals surface area contributed by atoms with Crippen molar-refractivity contribution in [3.05, 3.63) is 0 Å². The van der Waals surface area contributed by atoms with E-state index in [9.17, 15) is 14.7 Å². The molecule has 0 unspecified atom stereocenters. The van der Waals surface area contributed by atoms with E-state index < -0.39 is 5.60 Å². The van der Waals surface area contributed by atoms with Gasteiger partial charge in [0, 0.05) is 33.1 Å². The molecule has 6 heteroatoms. The van der Waals surface area contributed by atoms with Crippen LogP contribution in [0.5, 0.6) is 0 Å². The molecule has 0 bridgehead atoms. The molecule has 2 aliphatic heterocycles. The average Bonchev–Trinajstić information content (AvgIpc) is 2.53. The molecule has 0 spiro atoms. The van der Waals surface area contributed by atoms with Crippen LogP contribution < -0.4 is 5.32 Å². The van der Waals surface area contributed by atoms with E-state index in [1.807, 2.05) is 9.80 Å². The van der Waals surface area contributed by atoms with Gasteiger partial charge in [0.2, 0.25) is 11.8 Å². The molecule has 0 radical (unpaired) electrons. The predicted molar refractivity (Wildman–Crippen MR) is 84.4 cm³/mol. The molecule has 6 nitrogen and oxygen atoms in total. The molecule has 126 valence electrons. The Morgan fingerprint density at radius 3 is 2.55 bits per heavy atom. The third-order valence-electron chi connectivity index (χ3n) is 4.80. The van der Waals surface area contributed by atoms with Crippen molar-refractivity contribution in [1.29, 1.82) is 0 Å². The van der Waals surface area contributed by atoms with Crippen molar-refractivity contribution >= 4 is 11.8 Å². The molecule has 2 aliphatic rings. The zero-order chi connectivity index (χ0) is 16.0. The number of piperidine rings is 2. The SMILES string of the molecule is CNC(=O)CC[C@]1(O)CCCN(CC(=O)N2CCCCC2)C1. The summed E-state index contributed by atoms with van der Waals surface area (Å²) < 4.78 is 0. The third-order valence-corrected chi connectivity index (χ3v) is 4.80. The van der Waals surface area contributed by atoms with E-state index in [4.69, 9.17) is 0 Å². The fourth-order valence-corrected chi connectivity index (χ4v) is 3.45. The second-order valence-corrected chi connectivity index (χ2v) is 6.65. The van der Waals surface area contributed by atoms with Gasteiger partial charge in [0.1, 0.15) is 0 Å². The van der Waals surface area contributed by atoms with Gasteiger partial charge in [0.05, 0.1) is 12.1 Å². The topological polar surface area (TPSA) is 72.9 Å². The summed E-state index contributed by atoms with van der Waals surface area (Å²) in [7, 11) is 1.61. The highest BCUT2D eigenvalue weighted by atomic mass is 16.3. The van der Waals surface area contributed by atoms with Gasteiger partial charge in [-0.05, 0) is 45.1 Å². The summed E-state index contributed by atoms with van der Waals surface area (Å²) >= 11 is 0. The molecule has 2 N–H and O–H groups in total. The molecule has 2 heterocycles. The standard InChI is InChI=1S/C16H29N3O3/c1-17-14(20)6-8-16(22)7-5-9-18(13-16)12-15(21)19-10-3-2-4-11-19/h22H,2-13H2,1H3,(H,17,20)/t16-/m1/s1. The summed E-state index contributed by atoms with van der Waals surface area (Å²) in [5.41, 5.74) is -0.840. The van der Waals surface area contributed by atoms with Crippen LogP contribution in [0, 0.1) is 0 Å². The Labute approximate surface area is 132 Å². The van der Waals surface area contributed by atoms with Gasteiger partial charge in [-0.15, -0.1) is 0 Å². The molecule has 0 aromatic heterocycles. The lowest BCUT2D eigenvalue weighted by Gasteiger charge is -2.40. The molecule has 0 saturated carbocycles. The molecule has 0 aromatic rings. The highest BCUT2D eigenvalue weighted by Crippen LogP contribution is 2.26. The first-order valence-corrected chi connectivity index (χ1v) is 8.45. The highest BCUT2D eigenvalue weighted by Gasteiger charge is 2.34. The summed E-state index contributed by atoms with van der Waals surface area (Å²) in [5, 5.41) is 13.2. The molecule has 22 heavy (non-hydrogen) atoms. The van der Waals surface area contributed by atoms with E-state index >= 15 is 0 Å². The number of hydrogen-bond acceptors (Lipinski definition) is 4. The van der Waals surface area contributed by atoms with E-state index in [2.05, 4.69) is 5.32 Å². The summed E-state index contributed by atoms with van der Waals surface area (Å²) in [4.78, 5) is 27.7. The molecule has 2 amide bonds. The number of carbonyl (C=O) groups is 2. The normalized spacial score (nSPS) is 26.7. The van der Waals surface area contributed by atoms with Crippen LogP contribution in [0.3, 0.4) is 0 Å². The number of carbonyl (C=O) groups excluding carboxylic acids is 2. The number of rotatable bonds is 5. The maximum absolute atomic E-state index is 12.3. The van der Waals surface area contributed by atoms with Crippen LogP contribution in [0.25, 0.3) is 0 Å². The van der Waals surface area contributed by atoms with Crippen LogP contribution in [-0.4, -0.2) is 72.1 Å². The first-order valence-electron chi connectivity index (χ1n) is 8.45. The molecular weight excluding hydrogens is 282 g/mol. The Morgan fingerprint density at radius 2 is 1.86 bits per heavy atom. The van der Waals surface area contributed by atoms with E-state index in [0.29, 0.717) is 32.4 Å². The van der Waals surface area contributed by atoms with Gasteiger partial charge in [-0.25, -0.2) is 0 Å². The zero-order valence-corrected chi connectivity index (χ0v) is 13.6. The Balaban J connectivity index is 1.81. The maximum atomic E-state index is 12.3. The Morgan fingerprint density at radius 1 is 1.14 bits per heavy atom. The van der Waals surface area contributed by atoms with E-state index in [0.717, 1.165) is 38.9 Å². The van der Waals surface area contributed by atoms with Crippen molar-refractivity contribution in [3.8, 4) is 0 Å². The first kappa shape index (κ1) is 17.2. The molecule has 0 aliphatic carbocycles. The molecule has 1 atom stereocenters. The molecule has 0 aromatic carbocycles. The second kappa shape index (κ2) is 7.92. The third kappa shape index (κ3) is 4.95. The monoisotopic (exact) mass is 311 g/mol. The van der Waals surface area contributed by atoms with Gasteiger partial charge in [-0.3, -0.25) is 14.5 Å². The maximum Gasteiger partial charge on any atom is 0.236 e. The lowest BCUT2D eigenvalue weighted by Crippen LogP contribution is -2.52. The van der Waals surface area contributed by atoms with E-state index in [1.165, 1.54) is 6.42 Å². The lowest BCUT2D eigenvalue weighted by atomic mass is 9.88. The van der Waals surface area contributed by atoms with Crippen LogP contribution in [0.4, 0.5) is 0 Å². The minimum absolute atomic E-state index is 0.0464. The number of β-amino-alcohol motifs (C(OH)–C–C–N with tert-alkyl or cyclic N) is 1. The summed E-state index contributed by atoms with van der Waals surface area (Å²) in [6.45, 7) is 3.47.